The molecule has 0 bridgehead atoms. The highest BCUT2D eigenvalue weighted by Crippen LogP contribution is 2.12. The molecule has 2 unspecified atom stereocenters. The standard InChI is InChI=1S/C12H23N3O5S/c1-15-5-3-9(8-15)7-13-12(18)14-10(11(16)17)4-6-21(2,19)20/h9-10H,3-8H2,1-2H3,(H,16,17)(H2,13,14,18). The van der Waals surface area contributed by atoms with E-state index >= 15 is 0 Å². The average Bonchev–Trinajstić information content (AvgIpc) is 2.76. The van der Waals surface area contributed by atoms with Gasteiger partial charge in [-0.25, -0.2) is 18.0 Å². The molecule has 1 aliphatic heterocycles. The van der Waals surface area contributed by atoms with Crippen LogP contribution in [0.25, 0.3) is 0 Å². The van der Waals surface area contributed by atoms with Crippen LogP contribution in [0.4, 0.5) is 4.79 Å². The topological polar surface area (TPSA) is 116 Å². The molecule has 0 aliphatic carbocycles. The molecule has 0 saturated carbocycles. The molecule has 0 aromatic rings. The minimum absolute atomic E-state index is 0.145. The summed E-state index contributed by atoms with van der Waals surface area (Å²) < 4.78 is 22.1. The second-order valence-corrected chi connectivity index (χ2v) is 7.84. The number of urea groups is 1. The van der Waals surface area contributed by atoms with Crippen LogP contribution in [-0.4, -0.2) is 75.2 Å². The number of likely N-dealkylation sites (tertiary alicyclic amines) is 1. The molecule has 1 fully saturated rings. The van der Waals surface area contributed by atoms with Crippen LogP contribution in [0.3, 0.4) is 0 Å². The number of aliphatic carboxylic acids is 1. The molecule has 3 N–H and O–H groups in total. The summed E-state index contributed by atoms with van der Waals surface area (Å²) in [7, 11) is -1.25. The van der Waals surface area contributed by atoms with E-state index in [-0.39, 0.29) is 12.2 Å². The molecule has 122 valence electrons. The zero-order valence-electron chi connectivity index (χ0n) is 12.3. The summed E-state index contributed by atoms with van der Waals surface area (Å²) >= 11 is 0. The lowest BCUT2D eigenvalue weighted by Crippen LogP contribution is -2.47. The van der Waals surface area contributed by atoms with E-state index in [1.807, 2.05) is 7.05 Å². The van der Waals surface area contributed by atoms with Gasteiger partial charge in [0.05, 0.1) is 5.75 Å². The Bertz CT molecular complexity index is 479. The molecule has 2 amide bonds. The van der Waals surface area contributed by atoms with Gasteiger partial charge >= 0.3 is 12.0 Å². The van der Waals surface area contributed by atoms with E-state index in [4.69, 9.17) is 5.11 Å². The van der Waals surface area contributed by atoms with Crippen LogP contribution in [0.2, 0.25) is 0 Å². The van der Waals surface area contributed by atoms with Gasteiger partial charge in [-0.3, -0.25) is 0 Å². The van der Waals surface area contributed by atoms with Crippen molar-refractivity contribution in [2.24, 2.45) is 5.92 Å². The fourth-order valence-electron chi connectivity index (χ4n) is 2.23. The normalized spacial score (nSPS) is 21.0. The number of carbonyl (C=O) groups is 2. The van der Waals surface area contributed by atoms with Gasteiger partial charge < -0.3 is 20.6 Å². The second kappa shape index (κ2) is 7.60. The molecule has 0 aromatic heterocycles. The van der Waals surface area contributed by atoms with Gasteiger partial charge in [0.2, 0.25) is 0 Å². The van der Waals surface area contributed by atoms with Gasteiger partial charge in [0.15, 0.2) is 0 Å². The average molecular weight is 321 g/mol. The molecule has 1 aliphatic rings. The Kier molecular flexibility index (Phi) is 6.41. The van der Waals surface area contributed by atoms with Crippen molar-refractivity contribution in [3.05, 3.63) is 0 Å². The van der Waals surface area contributed by atoms with Gasteiger partial charge in [-0.2, -0.15) is 0 Å². The number of carboxylic acid groups (broad SMARTS) is 1. The predicted molar refractivity (Wildman–Crippen MR) is 77.9 cm³/mol. The summed E-state index contributed by atoms with van der Waals surface area (Å²) in [6, 6.07) is -1.78. The van der Waals surface area contributed by atoms with E-state index < -0.39 is 27.9 Å². The van der Waals surface area contributed by atoms with Gasteiger partial charge in [-0.05, 0) is 32.4 Å². The van der Waals surface area contributed by atoms with Gasteiger partial charge in [0, 0.05) is 19.3 Å². The molecule has 21 heavy (non-hydrogen) atoms. The first-order valence-electron chi connectivity index (χ1n) is 6.81. The van der Waals surface area contributed by atoms with Crippen molar-refractivity contribution in [3.63, 3.8) is 0 Å². The van der Waals surface area contributed by atoms with Gasteiger partial charge in [0.25, 0.3) is 0 Å². The molecule has 1 saturated heterocycles. The Labute approximate surface area is 124 Å². The summed E-state index contributed by atoms with van der Waals surface area (Å²) in [5.41, 5.74) is 0. The van der Waals surface area contributed by atoms with Crippen LogP contribution in [0.5, 0.6) is 0 Å². The van der Waals surface area contributed by atoms with Crippen molar-refractivity contribution in [1.29, 1.82) is 0 Å². The Morgan fingerprint density at radius 3 is 2.57 bits per heavy atom. The minimum Gasteiger partial charge on any atom is -0.480 e. The maximum atomic E-state index is 11.7. The van der Waals surface area contributed by atoms with E-state index in [1.165, 1.54) is 0 Å². The van der Waals surface area contributed by atoms with Gasteiger partial charge in [0.1, 0.15) is 15.9 Å². The first kappa shape index (κ1) is 17.7. The number of rotatable bonds is 7. The van der Waals surface area contributed by atoms with Crippen molar-refractivity contribution >= 4 is 21.8 Å². The molecule has 1 rings (SSSR count). The number of carboxylic acids is 1. The number of nitrogens with zero attached hydrogens (tertiary/aromatic N) is 1. The maximum absolute atomic E-state index is 11.7. The lowest BCUT2D eigenvalue weighted by Gasteiger charge is -2.16. The van der Waals surface area contributed by atoms with Crippen LogP contribution in [-0.2, 0) is 14.6 Å². The molecule has 1 heterocycles. The van der Waals surface area contributed by atoms with E-state index in [1.54, 1.807) is 0 Å². The number of hydrogen-bond acceptors (Lipinski definition) is 5. The lowest BCUT2D eigenvalue weighted by molar-refractivity contribution is -0.139. The van der Waals surface area contributed by atoms with E-state index in [0.717, 1.165) is 25.8 Å². The van der Waals surface area contributed by atoms with E-state index in [2.05, 4.69) is 15.5 Å². The number of amides is 2. The lowest BCUT2D eigenvalue weighted by atomic mass is 10.1. The number of sulfone groups is 1. The minimum atomic E-state index is -3.26. The molecule has 0 spiro atoms. The largest absolute Gasteiger partial charge is 0.480 e. The highest BCUT2D eigenvalue weighted by molar-refractivity contribution is 7.90. The van der Waals surface area contributed by atoms with Gasteiger partial charge in [-0.1, -0.05) is 0 Å². The summed E-state index contributed by atoms with van der Waals surface area (Å²) in [6.45, 7) is 2.37. The van der Waals surface area contributed by atoms with Crippen LogP contribution < -0.4 is 10.6 Å². The van der Waals surface area contributed by atoms with Crippen LogP contribution in [0, 0.1) is 5.92 Å². The van der Waals surface area contributed by atoms with Crippen molar-refractivity contribution < 1.29 is 23.1 Å². The van der Waals surface area contributed by atoms with Crippen LogP contribution in [0.15, 0.2) is 0 Å². The molecule has 9 heteroatoms. The van der Waals surface area contributed by atoms with Crippen molar-refractivity contribution in [2.75, 3.05) is 38.7 Å². The maximum Gasteiger partial charge on any atom is 0.326 e. The number of nitrogens with one attached hydrogen (secondary N) is 2. The monoisotopic (exact) mass is 321 g/mol. The summed E-state index contributed by atoms with van der Waals surface area (Å²) in [6.07, 6.45) is 1.88. The zero-order valence-corrected chi connectivity index (χ0v) is 13.1. The number of carbonyl (C=O) groups excluding carboxylic acids is 1. The van der Waals surface area contributed by atoms with E-state index in [0.29, 0.717) is 12.5 Å². The van der Waals surface area contributed by atoms with Crippen molar-refractivity contribution in [2.45, 2.75) is 18.9 Å². The molecule has 0 radical (unpaired) electrons. The first-order chi connectivity index (χ1) is 9.67. The molecule has 2 atom stereocenters. The van der Waals surface area contributed by atoms with Gasteiger partial charge in [-0.15, -0.1) is 0 Å². The first-order valence-corrected chi connectivity index (χ1v) is 8.87. The molecular weight excluding hydrogens is 298 g/mol. The third-order valence-corrected chi connectivity index (χ3v) is 4.40. The third-order valence-electron chi connectivity index (χ3n) is 3.42. The fraction of sp³-hybridized carbons (Fsp3) is 0.833. The van der Waals surface area contributed by atoms with Crippen molar-refractivity contribution in [1.82, 2.24) is 15.5 Å². The summed E-state index contributed by atoms with van der Waals surface area (Å²) in [4.78, 5) is 24.8. The Balaban J connectivity index is 2.36. The smallest absolute Gasteiger partial charge is 0.326 e. The summed E-state index contributed by atoms with van der Waals surface area (Å²) in [5.74, 6) is -1.16. The quantitative estimate of drug-likeness (QED) is 0.561. The van der Waals surface area contributed by atoms with Crippen LogP contribution in [0.1, 0.15) is 12.8 Å². The SMILES string of the molecule is CN1CCC(CNC(=O)NC(CCS(C)(=O)=O)C(=O)O)C1. The highest BCUT2D eigenvalue weighted by Gasteiger charge is 2.23. The predicted octanol–water partition coefficient (Wildman–Crippen LogP) is -0.875. The Hall–Kier alpha value is -1.35. The van der Waals surface area contributed by atoms with E-state index in [9.17, 15) is 18.0 Å². The third kappa shape index (κ3) is 7.28. The highest BCUT2D eigenvalue weighted by atomic mass is 32.2. The number of hydrogen-bond donors (Lipinski definition) is 3. The fourth-order valence-corrected chi connectivity index (χ4v) is 2.89. The second-order valence-electron chi connectivity index (χ2n) is 5.58. The molecule has 8 nitrogen and oxygen atoms in total. The van der Waals surface area contributed by atoms with Crippen molar-refractivity contribution in [3.8, 4) is 0 Å². The molecular formula is C12H23N3O5S. The Morgan fingerprint density at radius 1 is 1.43 bits per heavy atom. The van der Waals surface area contributed by atoms with Crippen LogP contribution >= 0.6 is 0 Å². The Morgan fingerprint density at radius 2 is 2.10 bits per heavy atom. The zero-order chi connectivity index (χ0) is 16.0. The molecule has 0 aromatic carbocycles. The summed E-state index contributed by atoms with van der Waals surface area (Å²) in [5, 5.41) is 13.9.